The van der Waals surface area contributed by atoms with Gasteiger partial charge in [-0.25, -0.2) is 0 Å². The first kappa shape index (κ1) is 19.2. The largest absolute Gasteiger partial charge is 0.451 e. The zero-order chi connectivity index (χ0) is 20.5. The number of carbonyl (C=O) groups is 2. The Morgan fingerprint density at radius 1 is 1.07 bits per heavy atom. The molecule has 1 aliphatic heterocycles. The second-order valence-electron chi connectivity index (χ2n) is 7.93. The van der Waals surface area contributed by atoms with Crippen LogP contribution in [0.3, 0.4) is 0 Å². The number of nitrogens with zero attached hydrogens (tertiary/aromatic N) is 1. The summed E-state index contributed by atoms with van der Waals surface area (Å²) >= 11 is 1.92. The SMILES string of the molecule is O=C1CN(C(=O)c2oc3ccccc3c2CSC2CCCCC2)c2ccccc2N1. The average molecular weight is 421 g/mol. The minimum atomic E-state index is -0.257. The highest BCUT2D eigenvalue weighted by Crippen LogP contribution is 2.37. The molecule has 0 atom stereocenters. The molecular weight excluding hydrogens is 396 g/mol. The molecule has 30 heavy (non-hydrogen) atoms. The van der Waals surface area contributed by atoms with Crippen molar-refractivity contribution < 1.29 is 14.0 Å². The van der Waals surface area contributed by atoms with E-state index in [4.69, 9.17) is 4.42 Å². The van der Waals surface area contributed by atoms with Crippen LogP contribution < -0.4 is 10.2 Å². The van der Waals surface area contributed by atoms with Gasteiger partial charge in [-0.3, -0.25) is 14.5 Å². The fourth-order valence-electron chi connectivity index (χ4n) is 4.38. The number of amides is 2. The number of furan rings is 1. The lowest BCUT2D eigenvalue weighted by molar-refractivity contribution is -0.115. The van der Waals surface area contributed by atoms with Gasteiger partial charge in [0.25, 0.3) is 5.91 Å². The zero-order valence-electron chi connectivity index (χ0n) is 16.7. The Balaban J connectivity index is 1.50. The van der Waals surface area contributed by atoms with E-state index < -0.39 is 0 Å². The summed E-state index contributed by atoms with van der Waals surface area (Å²) in [6.45, 7) is -0.0118. The molecule has 2 heterocycles. The number of thioether (sulfide) groups is 1. The number of benzene rings is 2. The number of fused-ring (bicyclic) bond motifs is 2. The van der Waals surface area contributed by atoms with Crippen LogP contribution >= 0.6 is 11.8 Å². The summed E-state index contributed by atoms with van der Waals surface area (Å²) in [6.07, 6.45) is 6.38. The summed E-state index contributed by atoms with van der Waals surface area (Å²) < 4.78 is 6.07. The van der Waals surface area contributed by atoms with Gasteiger partial charge < -0.3 is 9.73 Å². The molecule has 1 saturated carbocycles. The molecule has 2 amide bonds. The van der Waals surface area contributed by atoms with E-state index in [-0.39, 0.29) is 18.4 Å². The summed E-state index contributed by atoms with van der Waals surface area (Å²) in [6, 6.07) is 15.2. The first-order chi connectivity index (χ1) is 14.7. The van der Waals surface area contributed by atoms with Gasteiger partial charge in [-0.15, -0.1) is 0 Å². The van der Waals surface area contributed by atoms with Gasteiger partial charge in [0, 0.05) is 22.0 Å². The molecule has 5 rings (SSSR count). The lowest BCUT2D eigenvalue weighted by Crippen LogP contribution is -2.42. The third-order valence-corrected chi connectivity index (χ3v) is 7.32. The van der Waals surface area contributed by atoms with E-state index in [0.717, 1.165) is 22.3 Å². The maximum absolute atomic E-state index is 13.6. The summed E-state index contributed by atoms with van der Waals surface area (Å²) in [5, 5.41) is 4.46. The highest BCUT2D eigenvalue weighted by atomic mass is 32.2. The molecule has 5 nitrogen and oxygen atoms in total. The van der Waals surface area contributed by atoms with Gasteiger partial charge in [0.05, 0.1) is 11.4 Å². The monoisotopic (exact) mass is 420 g/mol. The topological polar surface area (TPSA) is 62.6 Å². The zero-order valence-corrected chi connectivity index (χ0v) is 17.5. The smallest absolute Gasteiger partial charge is 0.294 e. The van der Waals surface area contributed by atoms with Crippen LogP contribution in [0.25, 0.3) is 11.0 Å². The molecule has 3 aromatic rings. The van der Waals surface area contributed by atoms with Crippen molar-refractivity contribution in [2.45, 2.75) is 43.1 Å². The second kappa shape index (κ2) is 8.19. The van der Waals surface area contributed by atoms with E-state index in [2.05, 4.69) is 5.32 Å². The molecule has 1 aromatic heterocycles. The van der Waals surface area contributed by atoms with Crippen LogP contribution in [0.15, 0.2) is 52.9 Å². The Hall–Kier alpha value is -2.73. The van der Waals surface area contributed by atoms with Gasteiger partial charge in [-0.2, -0.15) is 11.8 Å². The Labute approximate surface area is 179 Å². The van der Waals surface area contributed by atoms with Crippen molar-refractivity contribution in [1.82, 2.24) is 0 Å². The Bertz CT molecular complexity index is 1100. The number of carbonyl (C=O) groups excluding carboxylic acids is 2. The van der Waals surface area contributed by atoms with Gasteiger partial charge in [-0.05, 0) is 31.0 Å². The minimum absolute atomic E-state index is 0.0118. The molecular formula is C24H24N2O3S. The highest BCUT2D eigenvalue weighted by molar-refractivity contribution is 7.99. The third kappa shape index (κ3) is 3.60. The average Bonchev–Trinajstić information content (AvgIpc) is 3.16. The first-order valence-corrected chi connectivity index (χ1v) is 11.6. The van der Waals surface area contributed by atoms with Crippen LogP contribution in [0.5, 0.6) is 0 Å². The maximum atomic E-state index is 13.6. The van der Waals surface area contributed by atoms with Crippen molar-refractivity contribution in [3.8, 4) is 0 Å². The predicted molar refractivity (Wildman–Crippen MR) is 121 cm³/mol. The van der Waals surface area contributed by atoms with E-state index in [1.165, 1.54) is 37.0 Å². The number of anilines is 2. The molecule has 0 bridgehead atoms. The van der Waals surface area contributed by atoms with E-state index in [0.29, 0.717) is 22.4 Å². The van der Waals surface area contributed by atoms with Crippen molar-refractivity contribution in [3.63, 3.8) is 0 Å². The van der Waals surface area contributed by atoms with Crippen molar-refractivity contribution >= 4 is 45.9 Å². The van der Waals surface area contributed by atoms with Crippen LogP contribution in [-0.4, -0.2) is 23.6 Å². The van der Waals surface area contributed by atoms with Gasteiger partial charge >= 0.3 is 0 Å². The van der Waals surface area contributed by atoms with Crippen molar-refractivity contribution in [2.24, 2.45) is 0 Å². The van der Waals surface area contributed by atoms with Crippen LogP contribution in [0.4, 0.5) is 11.4 Å². The molecule has 0 spiro atoms. The van der Waals surface area contributed by atoms with E-state index in [9.17, 15) is 9.59 Å². The molecule has 2 aliphatic rings. The fourth-order valence-corrected chi connectivity index (χ4v) is 5.74. The summed E-state index contributed by atoms with van der Waals surface area (Å²) in [5.74, 6) is 0.637. The lowest BCUT2D eigenvalue weighted by atomic mass is 10.0. The standard InChI is InChI=1S/C24H24N2O3S/c27-22-14-26(20-12-6-5-11-19(20)25-22)24(28)23-18(15-30-16-8-2-1-3-9-16)17-10-4-7-13-21(17)29-23/h4-7,10-13,16H,1-3,8-9,14-15H2,(H,25,27). The van der Waals surface area contributed by atoms with Crippen LogP contribution in [0.2, 0.25) is 0 Å². The number of rotatable bonds is 4. The Morgan fingerprint density at radius 3 is 2.70 bits per heavy atom. The third-order valence-electron chi connectivity index (χ3n) is 5.92. The molecule has 6 heteroatoms. The van der Waals surface area contributed by atoms with E-state index in [1.807, 2.05) is 60.3 Å². The van der Waals surface area contributed by atoms with Crippen molar-refractivity contribution in [2.75, 3.05) is 16.8 Å². The second-order valence-corrected chi connectivity index (χ2v) is 9.22. The Kier molecular flexibility index (Phi) is 5.25. The van der Waals surface area contributed by atoms with E-state index >= 15 is 0 Å². The molecule has 154 valence electrons. The van der Waals surface area contributed by atoms with Gasteiger partial charge in [-0.1, -0.05) is 49.6 Å². The summed E-state index contributed by atoms with van der Waals surface area (Å²) in [5.41, 5.74) is 3.01. The van der Waals surface area contributed by atoms with Crippen molar-refractivity contribution in [1.29, 1.82) is 0 Å². The van der Waals surface area contributed by atoms with Crippen LogP contribution in [-0.2, 0) is 10.5 Å². The minimum Gasteiger partial charge on any atom is -0.451 e. The molecule has 2 aromatic carbocycles. The van der Waals surface area contributed by atoms with Gasteiger partial charge in [0.15, 0.2) is 5.76 Å². The molecule has 1 aliphatic carbocycles. The van der Waals surface area contributed by atoms with Crippen molar-refractivity contribution in [3.05, 3.63) is 59.9 Å². The first-order valence-electron chi connectivity index (χ1n) is 10.5. The maximum Gasteiger partial charge on any atom is 0.294 e. The lowest BCUT2D eigenvalue weighted by Gasteiger charge is -2.28. The van der Waals surface area contributed by atoms with Gasteiger partial charge in [0.1, 0.15) is 12.1 Å². The van der Waals surface area contributed by atoms with E-state index in [1.54, 1.807) is 0 Å². The predicted octanol–water partition coefficient (Wildman–Crippen LogP) is 5.60. The number of nitrogens with one attached hydrogen (secondary N) is 1. The van der Waals surface area contributed by atoms with Crippen LogP contribution in [0, 0.1) is 0 Å². The molecule has 0 unspecified atom stereocenters. The molecule has 0 radical (unpaired) electrons. The highest BCUT2D eigenvalue weighted by Gasteiger charge is 2.32. The molecule has 1 N–H and O–H groups in total. The number of para-hydroxylation sites is 3. The summed E-state index contributed by atoms with van der Waals surface area (Å²) in [7, 11) is 0. The molecule has 1 fully saturated rings. The molecule has 0 saturated heterocycles. The van der Waals surface area contributed by atoms with Gasteiger partial charge in [0.2, 0.25) is 5.91 Å². The Morgan fingerprint density at radius 2 is 1.83 bits per heavy atom. The quantitative estimate of drug-likeness (QED) is 0.597. The van der Waals surface area contributed by atoms with Crippen LogP contribution in [0.1, 0.15) is 48.2 Å². The summed E-state index contributed by atoms with van der Waals surface area (Å²) in [4.78, 5) is 27.3. The number of hydrogen-bond acceptors (Lipinski definition) is 4. The normalized spacial score (nSPS) is 17.1. The number of hydrogen-bond donors (Lipinski definition) is 1. The fraction of sp³-hybridized carbons (Fsp3) is 0.333.